The molecule has 170 valence electrons. The van der Waals surface area contributed by atoms with E-state index >= 15 is 4.39 Å². The van der Waals surface area contributed by atoms with Gasteiger partial charge in [0, 0.05) is 25.7 Å². The van der Waals surface area contributed by atoms with Crippen molar-refractivity contribution in [3.63, 3.8) is 0 Å². The van der Waals surface area contributed by atoms with E-state index < -0.39 is 40.9 Å². The number of nitrogens with one attached hydrogen (secondary N) is 3. The van der Waals surface area contributed by atoms with Crippen molar-refractivity contribution >= 4 is 29.5 Å². The lowest BCUT2D eigenvalue weighted by atomic mass is 9.73. The largest absolute Gasteiger partial charge is 0.453 e. The fourth-order valence-corrected chi connectivity index (χ4v) is 4.12. The zero-order chi connectivity index (χ0) is 22.6. The Hall–Kier alpha value is -2.98. The minimum Gasteiger partial charge on any atom is -0.453 e. The van der Waals surface area contributed by atoms with Gasteiger partial charge in [-0.15, -0.1) is 0 Å². The smallest absolute Gasteiger partial charge is 0.407 e. The molecule has 2 saturated carbocycles. The number of carbonyl (C=O) groups is 4. The average Bonchev–Trinajstić information content (AvgIpc) is 3.31. The third-order valence-electron chi connectivity index (χ3n) is 6.03. The molecular weight excluding hydrogens is 409 g/mol. The molecule has 3 N–H and O–H groups in total. The second-order valence-electron chi connectivity index (χ2n) is 8.33. The molecule has 3 amide bonds. The van der Waals surface area contributed by atoms with Crippen LogP contribution in [0, 0.1) is 0 Å². The van der Waals surface area contributed by atoms with Crippen LogP contribution in [0.4, 0.5) is 15.0 Å². The van der Waals surface area contributed by atoms with Crippen LogP contribution in [0.3, 0.4) is 0 Å². The topological polar surface area (TPSA) is 131 Å². The van der Waals surface area contributed by atoms with Crippen LogP contribution in [0.5, 0.6) is 0 Å². The number of nitrogens with zero attached hydrogens (tertiary/aromatic N) is 2. The van der Waals surface area contributed by atoms with E-state index in [0.717, 1.165) is 7.11 Å². The minimum atomic E-state index is -1.57. The Labute approximate surface area is 179 Å². The van der Waals surface area contributed by atoms with Crippen LogP contribution >= 0.6 is 0 Å². The van der Waals surface area contributed by atoms with E-state index in [0.29, 0.717) is 32.1 Å². The summed E-state index contributed by atoms with van der Waals surface area (Å²) in [6.07, 6.45) is 3.73. The number of aromatic nitrogens is 2. The first-order chi connectivity index (χ1) is 14.7. The average molecular weight is 437 g/mol. The van der Waals surface area contributed by atoms with E-state index in [2.05, 4.69) is 25.8 Å². The Balaban J connectivity index is 1.70. The molecule has 0 bridgehead atoms. The summed E-state index contributed by atoms with van der Waals surface area (Å²) in [6.45, 7) is 0. The summed E-state index contributed by atoms with van der Waals surface area (Å²) < 4.78 is 21.1. The molecule has 0 saturated heterocycles. The number of anilines is 1. The standard InChI is InChI=1S/C20H28FN5O5/c1-26-11-6-14(25-26)23-17(29)15(27)20(9-5-10-20)24-16(28)13(22-18(30)31-2)12-19(21)7-3-4-8-19/h6,11,13H,3-5,7-10,12H2,1-2H3,(H,22,30)(H,24,28)(H,23,25,29). The number of alkyl halides is 1. The molecule has 1 aromatic heterocycles. The van der Waals surface area contributed by atoms with Gasteiger partial charge in [0.15, 0.2) is 5.82 Å². The number of amides is 3. The van der Waals surface area contributed by atoms with Crippen LogP contribution in [0.25, 0.3) is 0 Å². The SMILES string of the molecule is COC(=O)NC(CC1(F)CCCC1)C(=O)NC1(C(=O)C(=O)Nc2ccn(C)n2)CCC1. The highest BCUT2D eigenvalue weighted by Crippen LogP contribution is 2.38. The molecule has 1 heterocycles. The molecule has 1 unspecified atom stereocenters. The van der Waals surface area contributed by atoms with Crippen molar-refractivity contribution in [1.82, 2.24) is 20.4 Å². The van der Waals surface area contributed by atoms with Crippen molar-refractivity contribution in [2.75, 3.05) is 12.4 Å². The van der Waals surface area contributed by atoms with Crippen LogP contribution in [0.1, 0.15) is 51.4 Å². The summed E-state index contributed by atoms with van der Waals surface area (Å²) in [4.78, 5) is 50.0. The highest BCUT2D eigenvalue weighted by Gasteiger charge is 2.50. The number of ether oxygens (including phenoxy) is 1. The van der Waals surface area contributed by atoms with Gasteiger partial charge in [-0.05, 0) is 32.1 Å². The highest BCUT2D eigenvalue weighted by atomic mass is 19.1. The van der Waals surface area contributed by atoms with E-state index in [1.54, 1.807) is 13.2 Å². The molecule has 0 radical (unpaired) electrons. The van der Waals surface area contributed by atoms with Crippen molar-refractivity contribution < 1.29 is 28.3 Å². The molecule has 0 spiro atoms. The number of hydrogen-bond acceptors (Lipinski definition) is 6. The van der Waals surface area contributed by atoms with Gasteiger partial charge in [0.2, 0.25) is 11.7 Å². The lowest BCUT2D eigenvalue weighted by Crippen LogP contribution is -2.65. The maximum absolute atomic E-state index is 15.0. The second kappa shape index (κ2) is 9.03. The van der Waals surface area contributed by atoms with Crippen molar-refractivity contribution in [2.45, 2.75) is 68.6 Å². The Morgan fingerprint density at radius 1 is 1.19 bits per heavy atom. The van der Waals surface area contributed by atoms with Gasteiger partial charge in [0.05, 0.1) is 7.11 Å². The molecular formula is C20H28FN5O5. The first-order valence-electron chi connectivity index (χ1n) is 10.4. The van der Waals surface area contributed by atoms with E-state index in [4.69, 9.17) is 0 Å². The van der Waals surface area contributed by atoms with Crippen LogP contribution in [0.15, 0.2) is 12.3 Å². The summed E-state index contributed by atoms with van der Waals surface area (Å²) in [5.74, 6) is -2.19. The number of ketones is 1. The van der Waals surface area contributed by atoms with Gasteiger partial charge in [-0.3, -0.25) is 19.1 Å². The monoisotopic (exact) mass is 437 g/mol. The van der Waals surface area contributed by atoms with Gasteiger partial charge in [-0.2, -0.15) is 5.10 Å². The van der Waals surface area contributed by atoms with Crippen LogP contribution in [0.2, 0.25) is 0 Å². The molecule has 2 aliphatic rings. The fraction of sp³-hybridized carbons (Fsp3) is 0.650. The van der Waals surface area contributed by atoms with Gasteiger partial charge in [0.1, 0.15) is 17.2 Å². The number of methoxy groups -OCH3 is 1. The maximum atomic E-state index is 15.0. The normalized spacial score (nSPS) is 19.6. The van der Waals surface area contributed by atoms with E-state index in [9.17, 15) is 19.2 Å². The maximum Gasteiger partial charge on any atom is 0.407 e. The van der Waals surface area contributed by atoms with Crippen molar-refractivity contribution in [3.05, 3.63) is 12.3 Å². The molecule has 1 atom stereocenters. The summed E-state index contributed by atoms with van der Waals surface area (Å²) in [5, 5.41) is 11.4. The predicted molar refractivity (Wildman–Crippen MR) is 108 cm³/mol. The molecule has 0 aromatic carbocycles. The third-order valence-corrected chi connectivity index (χ3v) is 6.03. The fourth-order valence-electron chi connectivity index (χ4n) is 4.12. The Morgan fingerprint density at radius 2 is 1.87 bits per heavy atom. The number of hydrogen-bond donors (Lipinski definition) is 3. The Morgan fingerprint density at radius 3 is 2.39 bits per heavy atom. The number of carbonyl (C=O) groups excluding carboxylic acids is 4. The lowest BCUT2D eigenvalue weighted by molar-refractivity contribution is -0.144. The van der Waals surface area contributed by atoms with Crippen molar-refractivity contribution in [2.24, 2.45) is 7.05 Å². The van der Waals surface area contributed by atoms with Gasteiger partial charge in [-0.1, -0.05) is 12.8 Å². The first-order valence-corrected chi connectivity index (χ1v) is 10.4. The minimum absolute atomic E-state index is 0.215. The van der Waals surface area contributed by atoms with Gasteiger partial charge < -0.3 is 20.7 Å². The number of halogens is 1. The number of aryl methyl sites for hydroxylation is 1. The molecule has 31 heavy (non-hydrogen) atoms. The molecule has 3 rings (SSSR count). The summed E-state index contributed by atoms with van der Waals surface area (Å²) in [6, 6.07) is 0.315. The van der Waals surface area contributed by atoms with Crippen molar-refractivity contribution in [3.8, 4) is 0 Å². The second-order valence-corrected chi connectivity index (χ2v) is 8.33. The summed E-state index contributed by atoms with van der Waals surface area (Å²) >= 11 is 0. The first kappa shape index (κ1) is 22.7. The number of rotatable bonds is 8. The molecule has 10 nitrogen and oxygen atoms in total. The van der Waals surface area contributed by atoms with Gasteiger partial charge in [-0.25, -0.2) is 9.18 Å². The Kier molecular flexibility index (Phi) is 6.61. The van der Waals surface area contributed by atoms with Crippen molar-refractivity contribution in [1.29, 1.82) is 0 Å². The van der Waals surface area contributed by atoms with Crippen LogP contribution in [-0.4, -0.2) is 57.8 Å². The zero-order valence-electron chi connectivity index (χ0n) is 17.7. The van der Waals surface area contributed by atoms with E-state index in [-0.39, 0.29) is 25.1 Å². The summed E-state index contributed by atoms with van der Waals surface area (Å²) in [5.41, 5.74) is -2.96. The third kappa shape index (κ3) is 5.20. The lowest BCUT2D eigenvalue weighted by Gasteiger charge is -2.41. The number of alkyl carbamates (subject to hydrolysis) is 1. The summed E-state index contributed by atoms with van der Waals surface area (Å²) in [7, 11) is 2.81. The van der Waals surface area contributed by atoms with Gasteiger partial charge >= 0.3 is 6.09 Å². The van der Waals surface area contributed by atoms with E-state index in [1.807, 2.05) is 0 Å². The zero-order valence-corrected chi connectivity index (χ0v) is 17.7. The molecule has 1 aromatic rings. The van der Waals surface area contributed by atoms with E-state index in [1.165, 1.54) is 10.7 Å². The van der Waals surface area contributed by atoms with Crippen LogP contribution < -0.4 is 16.0 Å². The predicted octanol–water partition coefficient (Wildman–Crippen LogP) is 1.36. The highest BCUT2D eigenvalue weighted by molar-refractivity contribution is 6.44. The molecule has 0 aliphatic heterocycles. The quantitative estimate of drug-likeness (QED) is 0.527. The molecule has 2 fully saturated rings. The number of Topliss-reactive ketones (excluding diaryl/α,β-unsaturated/α-hetero) is 1. The Bertz CT molecular complexity index is 860. The van der Waals surface area contributed by atoms with Gasteiger partial charge in [0.25, 0.3) is 5.91 Å². The molecule has 11 heteroatoms. The molecule has 2 aliphatic carbocycles. The van der Waals surface area contributed by atoms with Crippen LogP contribution in [-0.2, 0) is 26.2 Å².